The Balaban J connectivity index is 1.50. The van der Waals surface area contributed by atoms with E-state index in [4.69, 9.17) is 9.47 Å². The van der Waals surface area contributed by atoms with E-state index in [1.54, 1.807) is 12.1 Å². The zero-order valence-corrected chi connectivity index (χ0v) is 16.6. The second-order valence-corrected chi connectivity index (χ2v) is 7.50. The molecule has 0 aliphatic carbocycles. The summed E-state index contributed by atoms with van der Waals surface area (Å²) in [6.45, 7) is 4.63. The van der Waals surface area contributed by atoms with Gasteiger partial charge < -0.3 is 9.47 Å². The summed E-state index contributed by atoms with van der Waals surface area (Å²) in [5.41, 5.74) is 0.657. The molecule has 1 atom stereocenters. The van der Waals surface area contributed by atoms with Crippen LogP contribution < -0.4 is 9.47 Å². The van der Waals surface area contributed by atoms with Gasteiger partial charge in [-0.3, -0.25) is 4.57 Å². The normalized spacial score (nSPS) is 15.3. The van der Waals surface area contributed by atoms with Crippen molar-refractivity contribution in [2.45, 2.75) is 22.8 Å². The maximum atomic E-state index is 13.8. The van der Waals surface area contributed by atoms with Crippen LogP contribution in [0.15, 0.2) is 71.6 Å². The van der Waals surface area contributed by atoms with Crippen molar-refractivity contribution in [3.63, 3.8) is 0 Å². The Morgan fingerprint density at radius 2 is 2.03 bits per heavy atom. The van der Waals surface area contributed by atoms with Crippen molar-refractivity contribution in [3.05, 3.63) is 73.1 Å². The second kappa shape index (κ2) is 7.75. The Hall–Kier alpha value is -3.46. The van der Waals surface area contributed by atoms with Crippen LogP contribution in [0.5, 0.6) is 11.5 Å². The molecule has 1 unspecified atom stereocenters. The highest BCUT2D eigenvalue weighted by Gasteiger charge is 2.28. The summed E-state index contributed by atoms with van der Waals surface area (Å²) < 4.78 is 27.6. The molecule has 0 saturated heterocycles. The summed E-state index contributed by atoms with van der Waals surface area (Å²) in [7, 11) is 0. The smallest absolute Gasteiger partial charge is 0.197 e. The van der Waals surface area contributed by atoms with Gasteiger partial charge in [0, 0.05) is 11.9 Å². The number of halogens is 1. The van der Waals surface area contributed by atoms with Crippen molar-refractivity contribution in [1.82, 2.24) is 24.7 Å². The van der Waals surface area contributed by atoms with E-state index in [2.05, 4.69) is 26.7 Å². The molecule has 0 bridgehead atoms. The molecule has 30 heavy (non-hydrogen) atoms. The van der Waals surface area contributed by atoms with Crippen LogP contribution in [0.2, 0.25) is 0 Å². The van der Waals surface area contributed by atoms with Crippen LogP contribution in [-0.4, -0.2) is 31.3 Å². The van der Waals surface area contributed by atoms with Crippen LogP contribution in [0.1, 0.15) is 11.9 Å². The number of aromatic nitrogens is 5. The van der Waals surface area contributed by atoms with Gasteiger partial charge in [-0.15, -0.1) is 16.8 Å². The van der Waals surface area contributed by atoms with Crippen molar-refractivity contribution in [3.8, 4) is 11.5 Å². The molecule has 0 radical (unpaired) electrons. The van der Waals surface area contributed by atoms with E-state index in [0.29, 0.717) is 51.6 Å². The maximum absolute atomic E-state index is 13.8. The van der Waals surface area contributed by atoms with Crippen LogP contribution in [0.3, 0.4) is 0 Å². The Bertz CT molecular complexity index is 1250. The first-order valence-electron chi connectivity index (χ1n) is 9.23. The minimum Gasteiger partial charge on any atom is -0.485 e. The molecule has 3 heterocycles. The third kappa shape index (κ3) is 3.37. The molecule has 0 N–H and O–H groups in total. The number of para-hydroxylation sites is 2. The van der Waals surface area contributed by atoms with E-state index >= 15 is 0 Å². The molecule has 150 valence electrons. The number of nitrogens with zero attached hydrogens (tertiary/aromatic N) is 5. The summed E-state index contributed by atoms with van der Waals surface area (Å²) in [4.78, 5) is 8.52. The Morgan fingerprint density at radius 1 is 1.17 bits per heavy atom. The fraction of sp³-hybridized carbons (Fsp3) is 0.143. The van der Waals surface area contributed by atoms with Crippen LogP contribution in [-0.2, 0) is 6.54 Å². The predicted octanol–water partition coefficient (Wildman–Crippen LogP) is 4.21. The van der Waals surface area contributed by atoms with Gasteiger partial charge in [-0.2, -0.15) is 0 Å². The van der Waals surface area contributed by atoms with Gasteiger partial charge in [-0.25, -0.2) is 14.4 Å². The summed E-state index contributed by atoms with van der Waals surface area (Å²) in [6.07, 6.45) is 2.79. The van der Waals surface area contributed by atoms with E-state index in [-0.39, 0.29) is 5.82 Å². The minimum absolute atomic E-state index is 0.318. The molecule has 0 amide bonds. The molecule has 0 saturated carbocycles. The Morgan fingerprint density at radius 3 is 2.90 bits per heavy atom. The van der Waals surface area contributed by atoms with Gasteiger partial charge in [0.25, 0.3) is 0 Å². The fourth-order valence-electron chi connectivity index (χ4n) is 3.23. The monoisotopic (exact) mass is 421 g/mol. The van der Waals surface area contributed by atoms with Gasteiger partial charge >= 0.3 is 0 Å². The molecule has 7 nitrogen and oxygen atoms in total. The molecule has 9 heteroatoms. The highest BCUT2D eigenvalue weighted by Crippen LogP contribution is 2.37. The van der Waals surface area contributed by atoms with E-state index in [1.165, 1.54) is 30.2 Å². The molecular weight excluding hydrogens is 405 g/mol. The fourth-order valence-corrected chi connectivity index (χ4v) is 4.14. The SMILES string of the molecule is C=CCn1c(Sc2ncnc3ccc(F)cc23)nnc1C1COc2ccccc2O1. The Labute approximate surface area is 175 Å². The molecule has 4 aromatic rings. The molecular formula is C21H16FN5O2S. The quantitative estimate of drug-likeness (QED) is 0.353. The third-order valence-corrected chi connectivity index (χ3v) is 5.61. The summed E-state index contributed by atoms with van der Waals surface area (Å²) in [5, 5.41) is 10.5. The number of rotatable bonds is 5. The Kier molecular flexibility index (Phi) is 4.80. The second-order valence-electron chi connectivity index (χ2n) is 6.55. The van der Waals surface area contributed by atoms with E-state index in [0.717, 1.165) is 0 Å². The predicted molar refractivity (Wildman–Crippen MR) is 109 cm³/mol. The highest BCUT2D eigenvalue weighted by atomic mass is 32.2. The molecule has 1 aliphatic rings. The molecule has 5 rings (SSSR count). The lowest BCUT2D eigenvalue weighted by Gasteiger charge is -2.26. The van der Waals surface area contributed by atoms with Crippen LogP contribution in [0.25, 0.3) is 10.9 Å². The molecule has 0 spiro atoms. The first-order chi connectivity index (χ1) is 14.7. The lowest BCUT2D eigenvalue weighted by Crippen LogP contribution is -2.25. The molecule has 1 aliphatic heterocycles. The topological polar surface area (TPSA) is 75.0 Å². The van der Waals surface area contributed by atoms with E-state index in [1.807, 2.05) is 28.8 Å². The van der Waals surface area contributed by atoms with Crippen molar-refractivity contribution in [2.24, 2.45) is 0 Å². The largest absolute Gasteiger partial charge is 0.485 e. The van der Waals surface area contributed by atoms with E-state index in [9.17, 15) is 4.39 Å². The highest BCUT2D eigenvalue weighted by molar-refractivity contribution is 7.99. The summed E-state index contributed by atoms with van der Waals surface area (Å²) >= 11 is 1.29. The average molecular weight is 421 g/mol. The zero-order valence-electron chi connectivity index (χ0n) is 15.7. The standard InChI is InChI=1S/C21H16FN5O2S/c1-2-9-27-19(18-11-28-16-5-3-4-6-17(16)29-18)25-26-21(27)30-20-14-10-13(22)7-8-15(14)23-12-24-20/h2-8,10,12,18H,1,9,11H2. The van der Waals surface area contributed by atoms with Crippen molar-refractivity contribution in [1.29, 1.82) is 0 Å². The number of hydrogen-bond acceptors (Lipinski definition) is 7. The van der Waals surface area contributed by atoms with Crippen molar-refractivity contribution in [2.75, 3.05) is 6.61 Å². The zero-order chi connectivity index (χ0) is 20.5. The van der Waals surface area contributed by atoms with Crippen LogP contribution >= 0.6 is 11.8 Å². The number of ether oxygens (including phenoxy) is 2. The van der Waals surface area contributed by atoms with Gasteiger partial charge in [-0.05, 0) is 42.1 Å². The first-order valence-corrected chi connectivity index (χ1v) is 10.0. The molecule has 2 aromatic heterocycles. The van der Waals surface area contributed by atoms with Crippen LogP contribution in [0.4, 0.5) is 4.39 Å². The number of allylic oxidation sites excluding steroid dienone is 1. The van der Waals surface area contributed by atoms with Gasteiger partial charge in [0.1, 0.15) is 23.8 Å². The van der Waals surface area contributed by atoms with Gasteiger partial charge in [0.2, 0.25) is 0 Å². The average Bonchev–Trinajstić information content (AvgIpc) is 3.16. The van der Waals surface area contributed by atoms with Crippen molar-refractivity contribution < 1.29 is 13.9 Å². The maximum Gasteiger partial charge on any atom is 0.197 e. The lowest BCUT2D eigenvalue weighted by molar-refractivity contribution is 0.0821. The molecule has 2 aromatic carbocycles. The van der Waals surface area contributed by atoms with Gasteiger partial charge in [0.05, 0.1) is 5.52 Å². The summed E-state index contributed by atoms with van der Waals surface area (Å²) in [6, 6.07) is 11.9. The minimum atomic E-state index is -0.415. The van der Waals surface area contributed by atoms with Crippen LogP contribution in [0, 0.1) is 5.82 Å². The molecule has 0 fully saturated rings. The first kappa shape index (κ1) is 18.6. The van der Waals surface area contributed by atoms with Crippen molar-refractivity contribution >= 4 is 22.7 Å². The number of fused-ring (bicyclic) bond motifs is 2. The number of benzene rings is 2. The third-order valence-electron chi connectivity index (χ3n) is 4.60. The lowest BCUT2D eigenvalue weighted by atomic mass is 10.2. The van der Waals surface area contributed by atoms with Gasteiger partial charge in [0.15, 0.2) is 28.6 Å². The van der Waals surface area contributed by atoms with E-state index < -0.39 is 6.10 Å². The summed E-state index contributed by atoms with van der Waals surface area (Å²) in [5.74, 6) is 1.64. The number of hydrogen-bond donors (Lipinski definition) is 0. The van der Waals surface area contributed by atoms with Gasteiger partial charge in [-0.1, -0.05) is 18.2 Å².